The summed E-state index contributed by atoms with van der Waals surface area (Å²) >= 11 is 0. The second-order valence-corrected chi connectivity index (χ2v) is 6.12. The van der Waals surface area contributed by atoms with Crippen LogP contribution in [0.15, 0.2) is 30.6 Å². The average molecular weight is 271 g/mol. The molecule has 1 aliphatic rings. The van der Waals surface area contributed by atoms with Gasteiger partial charge in [-0.25, -0.2) is 4.68 Å². The second-order valence-electron chi connectivity index (χ2n) is 6.12. The molecule has 5 nitrogen and oxygen atoms in total. The van der Waals surface area contributed by atoms with E-state index in [0.717, 1.165) is 12.2 Å². The van der Waals surface area contributed by atoms with Crippen molar-refractivity contribution in [1.82, 2.24) is 25.5 Å². The Morgan fingerprint density at radius 1 is 1.40 bits per heavy atom. The van der Waals surface area contributed by atoms with Crippen molar-refractivity contribution in [3.05, 3.63) is 36.2 Å². The number of tetrazole rings is 1. The lowest BCUT2D eigenvalue weighted by Gasteiger charge is -2.39. The van der Waals surface area contributed by atoms with Crippen molar-refractivity contribution in [1.29, 1.82) is 0 Å². The van der Waals surface area contributed by atoms with Crippen LogP contribution in [0.1, 0.15) is 44.7 Å². The van der Waals surface area contributed by atoms with Crippen LogP contribution >= 0.6 is 0 Å². The zero-order chi connectivity index (χ0) is 14.0. The average Bonchev–Trinajstić information content (AvgIpc) is 2.97. The first-order chi connectivity index (χ1) is 9.66. The number of aromatic nitrogens is 4. The van der Waals surface area contributed by atoms with Crippen molar-refractivity contribution in [3.8, 4) is 5.69 Å². The summed E-state index contributed by atoms with van der Waals surface area (Å²) in [5, 5.41) is 14.9. The van der Waals surface area contributed by atoms with Gasteiger partial charge >= 0.3 is 0 Å². The Kier molecular flexibility index (Phi) is 3.53. The molecule has 0 radical (unpaired) electrons. The van der Waals surface area contributed by atoms with Crippen LogP contribution in [0.25, 0.3) is 5.69 Å². The summed E-state index contributed by atoms with van der Waals surface area (Å²) in [6.45, 7) is 5.66. The zero-order valence-electron chi connectivity index (χ0n) is 12.1. The van der Waals surface area contributed by atoms with Crippen LogP contribution in [0.5, 0.6) is 0 Å². The zero-order valence-corrected chi connectivity index (χ0v) is 12.1. The third-order valence-corrected chi connectivity index (χ3v) is 4.38. The Bertz CT molecular complexity index is 559. The van der Waals surface area contributed by atoms with Gasteiger partial charge < -0.3 is 5.32 Å². The maximum absolute atomic E-state index is 3.93. The predicted octanol–water partition coefficient (Wildman–Crippen LogP) is 2.50. The molecular formula is C15H21N5. The number of benzene rings is 1. The minimum atomic E-state index is 0.337. The largest absolute Gasteiger partial charge is 0.310 e. The van der Waals surface area contributed by atoms with Crippen molar-refractivity contribution < 1.29 is 0 Å². The maximum Gasteiger partial charge on any atom is 0.143 e. The normalized spacial score (nSPS) is 18.5. The number of nitrogens with one attached hydrogen (secondary N) is 1. The van der Waals surface area contributed by atoms with E-state index in [-0.39, 0.29) is 0 Å². The fourth-order valence-electron chi connectivity index (χ4n) is 2.69. The van der Waals surface area contributed by atoms with E-state index < -0.39 is 0 Å². The van der Waals surface area contributed by atoms with E-state index in [1.54, 1.807) is 11.0 Å². The van der Waals surface area contributed by atoms with Crippen molar-refractivity contribution >= 4 is 0 Å². The SMILES string of the molecule is CC(NCC1(C)CCC1)c1cccc(-n2cnnn2)c1. The van der Waals surface area contributed by atoms with Crippen LogP contribution in [0.3, 0.4) is 0 Å². The maximum atomic E-state index is 3.93. The van der Waals surface area contributed by atoms with Gasteiger partial charge in [0.2, 0.25) is 0 Å². The molecule has 2 aromatic rings. The highest BCUT2D eigenvalue weighted by Crippen LogP contribution is 2.39. The van der Waals surface area contributed by atoms with Crippen molar-refractivity contribution in [2.75, 3.05) is 6.54 Å². The Labute approximate surface area is 119 Å². The summed E-state index contributed by atoms with van der Waals surface area (Å²) in [6.07, 6.45) is 5.68. The molecule has 0 saturated heterocycles. The van der Waals surface area contributed by atoms with Crippen molar-refractivity contribution in [2.45, 2.75) is 39.2 Å². The molecule has 0 amide bonds. The molecule has 1 aliphatic carbocycles. The number of hydrogen-bond donors (Lipinski definition) is 1. The van der Waals surface area contributed by atoms with E-state index in [1.165, 1.54) is 24.8 Å². The summed E-state index contributed by atoms with van der Waals surface area (Å²) in [5.74, 6) is 0. The van der Waals surface area contributed by atoms with Crippen LogP contribution in [0, 0.1) is 5.41 Å². The number of rotatable bonds is 5. The van der Waals surface area contributed by atoms with Gasteiger partial charge in [0.05, 0.1) is 5.69 Å². The lowest BCUT2D eigenvalue weighted by atomic mass is 9.70. The Morgan fingerprint density at radius 2 is 2.25 bits per heavy atom. The molecule has 1 heterocycles. The van der Waals surface area contributed by atoms with Gasteiger partial charge in [0.25, 0.3) is 0 Å². The van der Waals surface area contributed by atoms with Gasteiger partial charge in [0.15, 0.2) is 0 Å². The minimum Gasteiger partial charge on any atom is -0.310 e. The standard InChI is InChI=1S/C15H21N5/c1-12(16-10-15(2)7-4-8-15)13-5-3-6-14(9-13)20-11-17-18-19-20/h3,5-6,9,11-12,16H,4,7-8,10H2,1-2H3. The minimum absolute atomic E-state index is 0.337. The predicted molar refractivity (Wildman–Crippen MR) is 77.5 cm³/mol. The molecule has 1 unspecified atom stereocenters. The molecule has 20 heavy (non-hydrogen) atoms. The van der Waals surface area contributed by atoms with E-state index in [0.29, 0.717) is 11.5 Å². The van der Waals surface area contributed by atoms with Gasteiger partial charge in [0.1, 0.15) is 6.33 Å². The van der Waals surface area contributed by atoms with Gasteiger partial charge in [-0.3, -0.25) is 0 Å². The van der Waals surface area contributed by atoms with Crippen LogP contribution in [-0.4, -0.2) is 26.8 Å². The molecular weight excluding hydrogens is 250 g/mol. The lowest BCUT2D eigenvalue weighted by molar-refractivity contribution is 0.152. The van der Waals surface area contributed by atoms with Gasteiger partial charge in [-0.15, -0.1) is 5.10 Å². The van der Waals surface area contributed by atoms with E-state index in [2.05, 4.69) is 52.9 Å². The molecule has 1 aromatic carbocycles. The van der Waals surface area contributed by atoms with Gasteiger partial charge in [-0.05, 0) is 53.3 Å². The Morgan fingerprint density at radius 3 is 2.90 bits per heavy atom. The monoisotopic (exact) mass is 271 g/mol. The molecule has 1 N–H and O–H groups in total. The first kappa shape index (κ1) is 13.2. The van der Waals surface area contributed by atoms with Crippen LogP contribution in [0.4, 0.5) is 0 Å². The highest BCUT2D eigenvalue weighted by Gasteiger charge is 2.31. The van der Waals surface area contributed by atoms with E-state index in [4.69, 9.17) is 0 Å². The summed E-state index contributed by atoms with van der Waals surface area (Å²) in [4.78, 5) is 0. The molecule has 0 aliphatic heterocycles. The summed E-state index contributed by atoms with van der Waals surface area (Å²) in [5.41, 5.74) is 2.76. The lowest BCUT2D eigenvalue weighted by Crippen LogP contribution is -2.38. The molecule has 1 fully saturated rings. The fourth-order valence-corrected chi connectivity index (χ4v) is 2.69. The fraction of sp³-hybridized carbons (Fsp3) is 0.533. The Balaban J connectivity index is 1.68. The van der Waals surface area contributed by atoms with Crippen LogP contribution in [-0.2, 0) is 0 Å². The van der Waals surface area contributed by atoms with E-state index in [9.17, 15) is 0 Å². The smallest absolute Gasteiger partial charge is 0.143 e. The molecule has 5 heteroatoms. The molecule has 1 aromatic heterocycles. The van der Waals surface area contributed by atoms with Gasteiger partial charge in [0, 0.05) is 12.6 Å². The molecule has 1 atom stereocenters. The highest BCUT2D eigenvalue weighted by molar-refractivity contribution is 5.35. The molecule has 106 valence electrons. The molecule has 1 saturated carbocycles. The van der Waals surface area contributed by atoms with Crippen LogP contribution in [0.2, 0.25) is 0 Å². The summed E-state index contributed by atoms with van der Waals surface area (Å²) in [7, 11) is 0. The number of nitrogens with zero attached hydrogens (tertiary/aromatic N) is 4. The Hall–Kier alpha value is -1.75. The second kappa shape index (κ2) is 5.32. The molecule has 3 rings (SSSR count). The first-order valence-electron chi connectivity index (χ1n) is 7.23. The van der Waals surface area contributed by atoms with E-state index >= 15 is 0 Å². The quantitative estimate of drug-likeness (QED) is 0.907. The third-order valence-electron chi connectivity index (χ3n) is 4.38. The summed E-state index contributed by atoms with van der Waals surface area (Å²) < 4.78 is 1.68. The van der Waals surface area contributed by atoms with Gasteiger partial charge in [-0.1, -0.05) is 25.5 Å². The highest BCUT2D eigenvalue weighted by atomic mass is 15.5. The van der Waals surface area contributed by atoms with Crippen molar-refractivity contribution in [2.24, 2.45) is 5.41 Å². The van der Waals surface area contributed by atoms with Crippen molar-refractivity contribution in [3.63, 3.8) is 0 Å². The third kappa shape index (κ3) is 2.72. The molecule has 0 bridgehead atoms. The topological polar surface area (TPSA) is 55.6 Å². The van der Waals surface area contributed by atoms with Gasteiger partial charge in [-0.2, -0.15) is 0 Å². The first-order valence-corrected chi connectivity index (χ1v) is 7.23. The molecule has 0 spiro atoms. The van der Waals surface area contributed by atoms with E-state index in [1.807, 2.05) is 6.07 Å². The number of hydrogen-bond acceptors (Lipinski definition) is 4. The van der Waals surface area contributed by atoms with Crippen LogP contribution < -0.4 is 5.32 Å². The summed E-state index contributed by atoms with van der Waals surface area (Å²) in [6, 6.07) is 8.69.